The molecule has 26 heavy (non-hydrogen) atoms. The number of rotatable bonds is 3. The van der Waals surface area contributed by atoms with E-state index in [9.17, 15) is 9.90 Å². The monoisotopic (exact) mass is 393 g/mol. The lowest BCUT2D eigenvalue weighted by atomic mass is 9.74. The fourth-order valence-corrected chi connectivity index (χ4v) is 4.16. The summed E-state index contributed by atoms with van der Waals surface area (Å²) in [5.74, 6) is -0.554. The molecule has 1 amide bonds. The Kier molecular flexibility index (Phi) is 4.61. The molecule has 0 saturated carbocycles. The van der Waals surface area contributed by atoms with Crippen LogP contribution >= 0.6 is 23.2 Å². The maximum Gasteiger partial charge on any atom is 0.231 e. The van der Waals surface area contributed by atoms with Crippen molar-refractivity contribution in [3.8, 4) is 0 Å². The summed E-state index contributed by atoms with van der Waals surface area (Å²) in [5, 5.41) is 13.7. The van der Waals surface area contributed by atoms with Crippen molar-refractivity contribution in [2.24, 2.45) is 5.92 Å². The number of fused-ring (bicyclic) bond motifs is 2. The molecule has 2 fully saturated rings. The van der Waals surface area contributed by atoms with Crippen LogP contribution in [0.2, 0.25) is 10.0 Å². The molecule has 136 valence electrons. The third-order valence-corrected chi connectivity index (χ3v) is 5.71. The third-order valence-electron chi connectivity index (χ3n) is 4.99. The van der Waals surface area contributed by atoms with Gasteiger partial charge in [0.15, 0.2) is 0 Å². The molecule has 0 aromatic carbocycles. The first-order valence-corrected chi connectivity index (χ1v) is 9.07. The molecular formula is C18H17Cl2N3O3. The minimum atomic E-state index is -0.578. The summed E-state index contributed by atoms with van der Waals surface area (Å²) in [6.45, 7) is 1.89. The summed E-state index contributed by atoms with van der Waals surface area (Å²) in [4.78, 5) is 21.3. The van der Waals surface area contributed by atoms with Crippen LogP contribution in [0, 0.1) is 12.8 Å². The first-order chi connectivity index (χ1) is 12.4. The molecule has 4 heterocycles. The highest BCUT2D eigenvalue weighted by molar-refractivity contribution is 6.42. The number of nitrogens with zero attached hydrogens (tertiary/aromatic N) is 2. The standard InChI is InChI=1S/C18H17Cl2N3O3/c1-8-4-9(2-3-21-8)15-16(13-6-12(24)17(15)26-13)18(25)23-14-5-10(19)11(20)7-22-14/h2-5,7,12-13,15-17,24H,6H2,1H3,(H,22,23,25). The molecule has 2 N–H and O–H groups in total. The predicted molar refractivity (Wildman–Crippen MR) is 97.4 cm³/mol. The second-order valence-corrected chi connectivity index (χ2v) is 7.51. The number of hydrogen-bond donors (Lipinski definition) is 2. The number of ether oxygens (including phenoxy) is 1. The van der Waals surface area contributed by atoms with Crippen molar-refractivity contribution >= 4 is 34.9 Å². The summed E-state index contributed by atoms with van der Waals surface area (Å²) >= 11 is 11.9. The number of carbonyl (C=O) groups excluding carboxylic acids is 1. The first kappa shape index (κ1) is 17.7. The van der Waals surface area contributed by atoms with E-state index in [0.717, 1.165) is 11.3 Å². The van der Waals surface area contributed by atoms with Crippen LogP contribution in [0.3, 0.4) is 0 Å². The topological polar surface area (TPSA) is 84.3 Å². The molecule has 2 bridgehead atoms. The van der Waals surface area contributed by atoms with Crippen LogP contribution in [0.25, 0.3) is 0 Å². The van der Waals surface area contributed by atoms with E-state index in [1.54, 1.807) is 6.20 Å². The van der Waals surface area contributed by atoms with Crippen LogP contribution in [0.1, 0.15) is 23.6 Å². The molecule has 2 aliphatic rings. The number of anilines is 1. The first-order valence-electron chi connectivity index (χ1n) is 8.32. The van der Waals surface area contributed by atoms with Gasteiger partial charge in [0.2, 0.25) is 5.91 Å². The van der Waals surface area contributed by atoms with Crippen molar-refractivity contribution in [1.82, 2.24) is 9.97 Å². The lowest BCUT2D eigenvalue weighted by Crippen LogP contribution is -2.41. The number of pyridine rings is 2. The van der Waals surface area contributed by atoms with Gasteiger partial charge in [-0.15, -0.1) is 0 Å². The summed E-state index contributed by atoms with van der Waals surface area (Å²) in [7, 11) is 0. The van der Waals surface area contributed by atoms with E-state index >= 15 is 0 Å². The Balaban J connectivity index is 1.62. The maximum absolute atomic E-state index is 13.0. The second-order valence-electron chi connectivity index (χ2n) is 6.70. The molecule has 5 unspecified atom stereocenters. The Morgan fingerprint density at radius 3 is 2.85 bits per heavy atom. The number of aryl methyl sites for hydroxylation is 1. The highest BCUT2D eigenvalue weighted by Gasteiger charge is 2.57. The number of aliphatic hydroxyl groups excluding tert-OH is 1. The molecule has 2 aromatic rings. The predicted octanol–water partition coefficient (Wildman–Crippen LogP) is 2.96. The van der Waals surface area contributed by atoms with Crippen molar-refractivity contribution in [3.63, 3.8) is 0 Å². The van der Waals surface area contributed by atoms with E-state index in [4.69, 9.17) is 27.9 Å². The molecule has 4 rings (SSSR count). The molecular weight excluding hydrogens is 377 g/mol. The summed E-state index contributed by atoms with van der Waals surface area (Å²) in [6.07, 6.45) is 2.22. The lowest BCUT2D eigenvalue weighted by molar-refractivity contribution is -0.122. The van der Waals surface area contributed by atoms with Gasteiger partial charge in [-0.3, -0.25) is 9.78 Å². The van der Waals surface area contributed by atoms with E-state index in [-0.39, 0.29) is 17.9 Å². The Hall–Kier alpha value is -1.73. The maximum atomic E-state index is 13.0. The van der Waals surface area contributed by atoms with E-state index in [0.29, 0.717) is 22.3 Å². The fraction of sp³-hybridized carbons (Fsp3) is 0.389. The van der Waals surface area contributed by atoms with Crippen LogP contribution in [0.5, 0.6) is 0 Å². The van der Waals surface area contributed by atoms with Crippen molar-refractivity contribution < 1.29 is 14.6 Å². The van der Waals surface area contributed by atoms with Gasteiger partial charge in [-0.05, 0) is 24.6 Å². The number of aliphatic hydroxyl groups is 1. The van der Waals surface area contributed by atoms with Gasteiger partial charge in [0.1, 0.15) is 5.82 Å². The minimum Gasteiger partial charge on any atom is -0.390 e. The largest absolute Gasteiger partial charge is 0.390 e. The van der Waals surface area contributed by atoms with E-state index in [1.807, 2.05) is 19.1 Å². The third kappa shape index (κ3) is 3.07. The van der Waals surface area contributed by atoms with Crippen LogP contribution in [-0.2, 0) is 9.53 Å². The molecule has 0 radical (unpaired) electrons. The van der Waals surface area contributed by atoms with Gasteiger partial charge in [0, 0.05) is 36.5 Å². The van der Waals surface area contributed by atoms with Crippen molar-refractivity contribution in [2.75, 3.05) is 5.32 Å². The number of carbonyl (C=O) groups is 1. The number of nitrogens with one attached hydrogen (secondary N) is 1. The van der Waals surface area contributed by atoms with Gasteiger partial charge in [-0.1, -0.05) is 23.2 Å². The normalized spacial score (nSPS) is 29.8. The average molecular weight is 394 g/mol. The zero-order chi connectivity index (χ0) is 18.4. The average Bonchev–Trinajstić information content (AvgIpc) is 3.15. The Morgan fingerprint density at radius 1 is 1.31 bits per heavy atom. The summed E-state index contributed by atoms with van der Waals surface area (Å²) in [5.41, 5.74) is 1.79. The van der Waals surface area contributed by atoms with Gasteiger partial charge >= 0.3 is 0 Å². The molecule has 0 spiro atoms. The number of halogens is 2. The van der Waals surface area contributed by atoms with Crippen molar-refractivity contribution in [1.29, 1.82) is 0 Å². The Morgan fingerprint density at radius 2 is 2.12 bits per heavy atom. The van der Waals surface area contributed by atoms with E-state index in [1.165, 1.54) is 12.3 Å². The Labute approximate surface area is 160 Å². The number of amides is 1. The van der Waals surface area contributed by atoms with E-state index < -0.39 is 18.1 Å². The van der Waals surface area contributed by atoms with Gasteiger partial charge < -0.3 is 15.2 Å². The SMILES string of the molecule is Cc1cc(C2C3OC(CC3O)C2C(=O)Nc2cc(Cl)c(Cl)cn2)ccn1. The van der Waals surface area contributed by atoms with Gasteiger partial charge in [-0.2, -0.15) is 0 Å². The molecule has 8 heteroatoms. The molecule has 2 saturated heterocycles. The minimum absolute atomic E-state index is 0.213. The van der Waals surface area contributed by atoms with Gasteiger partial charge in [0.05, 0.1) is 34.3 Å². The quantitative estimate of drug-likeness (QED) is 0.836. The highest BCUT2D eigenvalue weighted by atomic mass is 35.5. The fourth-order valence-electron chi connectivity index (χ4n) is 3.91. The smallest absolute Gasteiger partial charge is 0.231 e. The Bertz CT molecular complexity index is 863. The molecule has 5 atom stereocenters. The summed E-state index contributed by atoms with van der Waals surface area (Å²) < 4.78 is 5.91. The molecule has 0 aliphatic carbocycles. The van der Waals surface area contributed by atoms with Crippen LogP contribution in [0.4, 0.5) is 5.82 Å². The highest BCUT2D eigenvalue weighted by Crippen LogP contribution is 2.49. The zero-order valence-corrected chi connectivity index (χ0v) is 15.4. The summed E-state index contributed by atoms with van der Waals surface area (Å²) in [6, 6.07) is 5.31. The molecule has 2 aliphatic heterocycles. The molecule has 2 aromatic heterocycles. The van der Waals surface area contributed by atoms with Gasteiger partial charge in [-0.25, -0.2) is 4.98 Å². The lowest BCUT2D eigenvalue weighted by Gasteiger charge is -2.30. The van der Waals surface area contributed by atoms with Gasteiger partial charge in [0.25, 0.3) is 0 Å². The van der Waals surface area contributed by atoms with Crippen LogP contribution in [-0.4, -0.2) is 39.3 Å². The number of aromatic nitrogens is 2. The van der Waals surface area contributed by atoms with Crippen molar-refractivity contribution in [3.05, 3.63) is 51.9 Å². The number of hydrogen-bond acceptors (Lipinski definition) is 5. The van der Waals surface area contributed by atoms with Crippen molar-refractivity contribution in [2.45, 2.75) is 37.6 Å². The molecule has 6 nitrogen and oxygen atoms in total. The van der Waals surface area contributed by atoms with E-state index in [2.05, 4.69) is 15.3 Å². The van der Waals surface area contributed by atoms with Crippen LogP contribution in [0.15, 0.2) is 30.6 Å². The second kappa shape index (κ2) is 6.78. The zero-order valence-electron chi connectivity index (χ0n) is 13.9. The van der Waals surface area contributed by atoms with Crippen LogP contribution < -0.4 is 5.32 Å².